The Balaban J connectivity index is 1.38. The van der Waals surface area contributed by atoms with Crippen molar-refractivity contribution in [1.82, 2.24) is 9.80 Å². The highest BCUT2D eigenvalue weighted by Crippen LogP contribution is 2.35. The van der Waals surface area contributed by atoms with E-state index in [0.717, 1.165) is 57.2 Å². The molecule has 1 atom stereocenters. The molecular weight excluding hydrogens is 350 g/mol. The summed E-state index contributed by atoms with van der Waals surface area (Å²) < 4.78 is 5.50. The van der Waals surface area contributed by atoms with Gasteiger partial charge in [0, 0.05) is 61.2 Å². The van der Waals surface area contributed by atoms with Gasteiger partial charge in [0.25, 0.3) is 5.69 Å². The molecule has 0 saturated carbocycles. The Hall–Kier alpha value is -1.80. The largest absolute Gasteiger partial charge is 0.380 e. The molecule has 0 bridgehead atoms. The normalized spacial score (nSPS) is 21.9. The number of nitro groups is 1. The third-order valence-corrected chi connectivity index (χ3v) is 6.34. The number of nitro benzene ring substituents is 1. The molecule has 0 radical (unpaired) electrons. The number of nitrogens with zero attached hydrogens (tertiary/aromatic N) is 3. The number of para-hydroxylation sites is 1. The Labute approximate surface area is 157 Å². The smallest absolute Gasteiger partial charge is 0.278 e. The Morgan fingerprint density at radius 2 is 1.96 bits per heavy atom. The molecule has 6 nitrogen and oxygen atoms in total. The number of rotatable bonds is 5. The first-order valence-electron chi connectivity index (χ1n) is 9.07. The van der Waals surface area contributed by atoms with Crippen molar-refractivity contribution in [2.45, 2.75) is 19.0 Å². The Kier molecular flexibility index (Phi) is 5.31. The maximum absolute atomic E-state index is 11.2. The molecule has 1 aromatic carbocycles. The predicted molar refractivity (Wildman–Crippen MR) is 102 cm³/mol. The number of piperazine rings is 1. The van der Waals surface area contributed by atoms with E-state index in [9.17, 15) is 10.1 Å². The molecule has 3 heterocycles. The monoisotopic (exact) mass is 373 g/mol. The number of ether oxygens (including phenoxy) is 1. The van der Waals surface area contributed by atoms with Crippen LogP contribution in [0.5, 0.6) is 0 Å². The zero-order chi connectivity index (χ0) is 17.9. The highest BCUT2D eigenvalue weighted by Gasteiger charge is 2.27. The topological polar surface area (TPSA) is 58.9 Å². The van der Waals surface area contributed by atoms with E-state index in [1.54, 1.807) is 23.5 Å². The molecular formula is C19H23N3O3S. The third-order valence-electron chi connectivity index (χ3n) is 5.24. The predicted octanol–water partition coefficient (Wildman–Crippen LogP) is 3.23. The van der Waals surface area contributed by atoms with E-state index in [-0.39, 0.29) is 10.6 Å². The molecule has 0 aliphatic carbocycles. The van der Waals surface area contributed by atoms with Gasteiger partial charge in [-0.3, -0.25) is 19.9 Å². The van der Waals surface area contributed by atoms with E-state index < -0.39 is 0 Å². The van der Waals surface area contributed by atoms with Gasteiger partial charge in [0.1, 0.15) is 0 Å². The molecule has 2 aliphatic rings. The van der Waals surface area contributed by atoms with Gasteiger partial charge in [0.15, 0.2) is 0 Å². The first-order chi connectivity index (χ1) is 12.7. The molecule has 0 N–H and O–H groups in total. The van der Waals surface area contributed by atoms with Gasteiger partial charge in [-0.1, -0.05) is 12.1 Å². The van der Waals surface area contributed by atoms with E-state index in [1.165, 1.54) is 4.88 Å². The molecule has 0 amide bonds. The van der Waals surface area contributed by atoms with Crippen LogP contribution in [-0.2, 0) is 11.3 Å². The highest BCUT2D eigenvalue weighted by atomic mass is 32.1. The second-order valence-corrected chi connectivity index (χ2v) is 8.04. The van der Waals surface area contributed by atoms with Gasteiger partial charge in [-0.2, -0.15) is 0 Å². The Bertz CT molecular complexity index is 765. The van der Waals surface area contributed by atoms with Crippen LogP contribution >= 0.6 is 11.3 Å². The van der Waals surface area contributed by atoms with Crippen molar-refractivity contribution in [2.24, 2.45) is 0 Å². The zero-order valence-corrected chi connectivity index (χ0v) is 15.5. The van der Waals surface area contributed by atoms with Crippen LogP contribution in [0.1, 0.15) is 11.3 Å². The van der Waals surface area contributed by atoms with Gasteiger partial charge in [-0.25, -0.2) is 0 Å². The van der Waals surface area contributed by atoms with Crippen LogP contribution in [0.4, 0.5) is 5.69 Å². The Morgan fingerprint density at radius 3 is 2.69 bits per heavy atom. The van der Waals surface area contributed by atoms with E-state index >= 15 is 0 Å². The van der Waals surface area contributed by atoms with Crippen molar-refractivity contribution >= 4 is 17.0 Å². The summed E-state index contributed by atoms with van der Waals surface area (Å²) in [5.74, 6) is 0. The van der Waals surface area contributed by atoms with Crippen LogP contribution < -0.4 is 0 Å². The number of thiophene rings is 1. The summed E-state index contributed by atoms with van der Waals surface area (Å²) >= 11 is 1.66. The van der Waals surface area contributed by atoms with Crippen molar-refractivity contribution in [1.29, 1.82) is 0 Å². The van der Waals surface area contributed by atoms with Crippen LogP contribution in [-0.4, -0.2) is 60.2 Å². The molecule has 7 heteroatoms. The quantitative estimate of drug-likeness (QED) is 0.595. The average Bonchev–Trinajstić information content (AvgIpc) is 3.34. The number of benzene rings is 1. The fourth-order valence-electron chi connectivity index (χ4n) is 3.77. The van der Waals surface area contributed by atoms with E-state index in [1.807, 2.05) is 18.2 Å². The van der Waals surface area contributed by atoms with E-state index in [0.29, 0.717) is 11.6 Å². The average molecular weight is 373 g/mol. The standard InChI is InChI=1S/C19H23N3O3S/c23-22(24)18-4-2-1-3-17(18)19-6-5-16(26-19)13-20-8-10-21(11-9-20)15-7-12-25-14-15/h1-6,15H,7-14H2. The summed E-state index contributed by atoms with van der Waals surface area (Å²) in [5, 5.41) is 11.2. The lowest BCUT2D eigenvalue weighted by Gasteiger charge is -2.37. The SMILES string of the molecule is O=[N+]([O-])c1ccccc1-c1ccc(CN2CCN(C3CCOC3)CC2)s1. The zero-order valence-electron chi connectivity index (χ0n) is 14.7. The molecule has 0 spiro atoms. The lowest BCUT2D eigenvalue weighted by molar-refractivity contribution is -0.384. The third kappa shape index (κ3) is 3.81. The van der Waals surface area contributed by atoms with Gasteiger partial charge in [0.05, 0.1) is 17.1 Å². The summed E-state index contributed by atoms with van der Waals surface area (Å²) in [6.07, 6.45) is 1.16. The van der Waals surface area contributed by atoms with Gasteiger partial charge in [-0.05, 0) is 24.6 Å². The minimum atomic E-state index is -0.305. The lowest BCUT2D eigenvalue weighted by Crippen LogP contribution is -2.50. The highest BCUT2D eigenvalue weighted by molar-refractivity contribution is 7.15. The second kappa shape index (κ2) is 7.84. The van der Waals surface area contributed by atoms with Crippen molar-refractivity contribution in [2.75, 3.05) is 39.4 Å². The molecule has 2 saturated heterocycles. The van der Waals surface area contributed by atoms with Crippen molar-refractivity contribution < 1.29 is 9.66 Å². The minimum Gasteiger partial charge on any atom is -0.380 e. The van der Waals surface area contributed by atoms with Crippen molar-refractivity contribution in [3.63, 3.8) is 0 Å². The van der Waals surface area contributed by atoms with Gasteiger partial charge >= 0.3 is 0 Å². The van der Waals surface area contributed by atoms with E-state index in [4.69, 9.17) is 4.74 Å². The van der Waals surface area contributed by atoms with Gasteiger partial charge < -0.3 is 4.74 Å². The molecule has 2 aliphatic heterocycles. The maximum Gasteiger partial charge on any atom is 0.278 e. The summed E-state index contributed by atoms with van der Waals surface area (Å²) in [7, 11) is 0. The molecule has 1 unspecified atom stereocenters. The van der Waals surface area contributed by atoms with Crippen molar-refractivity contribution in [3.05, 3.63) is 51.4 Å². The molecule has 2 aromatic rings. The summed E-state index contributed by atoms with van der Waals surface area (Å²) in [5.41, 5.74) is 0.882. The maximum atomic E-state index is 11.2. The molecule has 26 heavy (non-hydrogen) atoms. The summed E-state index contributed by atoms with van der Waals surface area (Å²) in [4.78, 5) is 18.2. The van der Waals surface area contributed by atoms with Gasteiger partial charge in [0.2, 0.25) is 0 Å². The number of hydrogen-bond acceptors (Lipinski definition) is 6. The minimum absolute atomic E-state index is 0.174. The molecule has 1 aromatic heterocycles. The van der Waals surface area contributed by atoms with Crippen LogP contribution in [0.2, 0.25) is 0 Å². The van der Waals surface area contributed by atoms with Crippen LogP contribution in [0, 0.1) is 10.1 Å². The first kappa shape index (κ1) is 17.6. The van der Waals surface area contributed by atoms with Crippen molar-refractivity contribution in [3.8, 4) is 10.4 Å². The molecule has 2 fully saturated rings. The summed E-state index contributed by atoms with van der Waals surface area (Å²) in [6.45, 7) is 7.01. The van der Waals surface area contributed by atoms with E-state index in [2.05, 4.69) is 15.9 Å². The summed E-state index contributed by atoms with van der Waals surface area (Å²) in [6, 6.07) is 11.7. The lowest BCUT2D eigenvalue weighted by atomic mass is 10.1. The molecule has 4 rings (SSSR count). The fraction of sp³-hybridized carbons (Fsp3) is 0.474. The van der Waals surface area contributed by atoms with Crippen LogP contribution in [0.15, 0.2) is 36.4 Å². The van der Waals surface area contributed by atoms with Crippen LogP contribution in [0.3, 0.4) is 0 Å². The fourth-order valence-corrected chi connectivity index (χ4v) is 4.85. The molecule has 138 valence electrons. The Morgan fingerprint density at radius 1 is 1.15 bits per heavy atom. The number of hydrogen-bond donors (Lipinski definition) is 0. The van der Waals surface area contributed by atoms with Gasteiger partial charge in [-0.15, -0.1) is 11.3 Å². The second-order valence-electron chi connectivity index (χ2n) is 6.87. The first-order valence-corrected chi connectivity index (χ1v) is 9.89. The van der Waals surface area contributed by atoms with Crippen LogP contribution in [0.25, 0.3) is 10.4 Å².